The molecule has 2 aromatic carbocycles. The van der Waals surface area contributed by atoms with Crippen molar-refractivity contribution in [1.29, 1.82) is 0 Å². The Bertz CT molecular complexity index is 907. The van der Waals surface area contributed by atoms with Crippen molar-refractivity contribution in [3.63, 3.8) is 0 Å². The van der Waals surface area contributed by atoms with Crippen LogP contribution in [0.2, 0.25) is 10.0 Å². The molecule has 1 aliphatic heterocycles. The van der Waals surface area contributed by atoms with E-state index in [-0.39, 0.29) is 21.2 Å². The lowest BCUT2D eigenvalue weighted by molar-refractivity contribution is 0.0735. The van der Waals surface area contributed by atoms with Crippen molar-refractivity contribution in [2.24, 2.45) is 0 Å². The van der Waals surface area contributed by atoms with Crippen molar-refractivity contribution in [2.45, 2.75) is 24.2 Å². The number of benzene rings is 2. The third-order valence-electron chi connectivity index (χ3n) is 4.14. The van der Waals surface area contributed by atoms with Crippen molar-refractivity contribution in [1.82, 2.24) is 4.31 Å². The zero-order valence-electron chi connectivity index (χ0n) is 13.8. The minimum atomic E-state index is -3.53. The molecule has 0 bridgehead atoms. The summed E-state index contributed by atoms with van der Waals surface area (Å²) in [5.74, 6) is -0.495. The van der Waals surface area contributed by atoms with Gasteiger partial charge in [0.1, 0.15) is 0 Å². The molecule has 3 rings (SSSR count). The van der Waals surface area contributed by atoms with Crippen LogP contribution in [0.25, 0.3) is 0 Å². The molecule has 0 aromatic heterocycles. The van der Waals surface area contributed by atoms with Crippen LogP contribution < -0.4 is 4.74 Å². The number of esters is 1. The van der Waals surface area contributed by atoms with E-state index in [1.807, 2.05) is 0 Å². The van der Waals surface area contributed by atoms with Gasteiger partial charge in [-0.2, -0.15) is 4.31 Å². The lowest BCUT2D eigenvalue weighted by Gasteiger charge is -2.25. The average Bonchev–Trinajstić information content (AvgIpc) is 2.65. The van der Waals surface area contributed by atoms with Crippen molar-refractivity contribution >= 4 is 39.2 Å². The molecule has 1 aliphatic rings. The lowest BCUT2D eigenvalue weighted by atomic mass is 10.2. The van der Waals surface area contributed by atoms with E-state index in [0.29, 0.717) is 18.1 Å². The standard InChI is InChI=1S/C18H17Cl2NO4S/c19-14-6-9-16(20)17(12-14)25-18(22)13-4-7-15(8-5-13)26(23,24)21-10-2-1-3-11-21/h4-9,12H,1-3,10-11H2. The topological polar surface area (TPSA) is 63.7 Å². The van der Waals surface area contributed by atoms with Crippen LogP contribution in [0.15, 0.2) is 47.4 Å². The Balaban J connectivity index is 1.76. The van der Waals surface area contributed by atoms with Gasteiger partial charge in [0, 0.05) is 24.2 Å². The molecular weight excluding hydrogens is 397 g/mol. The van der Waals surface area contributed by atoms with Gasteiger partial charge in [0.15, 0.2) is 5.75 Å². The summed E-state index contributed by atoms with van der Waals surface area (Å²) in [5, 5.41) is 0.646. The van der Waals surface area contributed by atoms with Gasteiger partial charge in [0.05, 0.1) is 15.5 Å². The van der Waals surface area contributed by atoms with Crippen LogP contribution in [-0.4, -0.2) is 31.8 Å². The fraction of sp³-hybridized carbons (Fsp3) is 0.278. The van der Waals surface area contributed by atoms with E-state index < -0.39 is 16.0 Å². The van der Waals surface area contributed by atoms with E-state index in [2.05, 4.69) is 0 Å². The third kappa shape index (κ3) is 4.20. The molecule has 26 heavy (non-hydrogen) atoms. The first-order valence-corrected chi connectivity index (χ1v) is 10.3. The monoisotopic (exact) mass is 413 g/mol. The molecular formula is C18H17Cl2NO4S. The van der Waals surface area contributed by atoms with E-state index in [1.165, 1.54) is 40.7 Å². The number of rotatable bonds is 4. The van der Waals surface area contributed by atoms with Crippen LogP contribution in [-0.2, 0) is 10.0 Å². The van der Waals surface area contributed by atoms with Gasteiger partial charge in [0.2, 0.25) is 10.0 Å². The summed E-state index contributed by atoms with van der Waals surface area (Å²) < 4.78 is 32.0. The Morgan fingerprint density at radius 2 is 1.62 bits per heavy atom. The molecule has 138 valence electrons. The molecule has 0 amide bonds. The van der Waals surface area contributed by atoms with Crippen LogP contribution in [0.1, 0.15) is 29.6 Å². The van der Waals surface area contributed by atoms with Gasteiger partial charge in [0.25, 0.3) is 0 Å². The number of carbonyl (C=O) groups is 1. The Morgan fingerprint density at radius 1 is 0.962 bits per heavy atom. The van der Waals surface area contributed by atoms with Gasteiger partial charge in [-0.15, -0.1) is 0 Å². The summed E-state index contributed by atoms with van der Waals surface area (Å²) in [4.78, 5) is 12.4. The van der Waals surface area contributed by atoms with Crippen molar-refractivity contribution in [2.75, 3.05) is 13.1 Å². The van der Waals surface area contributed by atoms with Gasteiger partial charge < -0.3 is 4.74 Å². The lowest BCUT2D eigenvalue weighted by Crippen LogP contribution is -2.35. The number of nitrogens with zero attached hydrogens (tertiary/aromatic N) is 1. The molecule has 0 saturated carbocycles. The van der Waals surface area contributed by atoms with Crippen LogP contribution in [0.3, 0.4) is 0 Å². The highest BCUT2D eigenvalue weighted by Crippen LogP contribution is 2.28. The van der Waals surface area contributed by atoms with Gasteiger partial charge in [-0.25, -0.2) is 13.2 Å². The van der Waals surface area contributed by atoms with E-state index in [0.717, 1.165) is 19.3 Å². The summed E-state index contributed by atoms with van der Waals surface area (Å²) >= 11 is 11.8. The number of piperidine rings is 1. The highest BCUT2D eigenvalue weighted by atomic mass is 35.5. The number of sulfonamides is 1. The van der Waals surface area contributed by atoms with Crippen LogP contribution >= 0.6 is 23.2 Å². The summed E-state index contributed by atoms with van der Waals surface area (Å²) in [6.07, 6.45) is 2.77. The predicted octanol–water partition coefficient (Wildman–Crippen LogP) is 4.39. The van der Waals surface area contributed by atoms with Gasteiger partial charge >= 0.3 is 5.97 Å². The molecule has 5 nitrogen and oxygen atoms in total. The summed E-state index contributed by atoms with van der Waals surface area (Å²) in [6, 6.07) is 10.2. The molecule has 0 atom stereocenters. The molecule has 0 aliphatic carbocycles. The zero-order valence-corrected chi connectivity index (χ0v) is 16.1. The Labute approximate surface area is 162 Å². The number of carbonyl (C=O) groups excluding carboxylic acids is 1. The van der Waals surface area contributed by atoms with E-state index in [1.54, 1.807) is 6.07 Å². The van der Waals surface area contributed by atoms with E-state index >= 15 is 0 Å². The maximum absolute atomic E-state index is 12.6. The summed E-state index contributed by atoms with van der Waals surface area (Å²) in [5.41, 5.74) is 0.221. The maximum Gasteiger partial charge on any atom is 0.343 e. The first kappa shape index (κ1) is 19.2. The van der Waals surface area contributed by atoms with Crippen molar-refractivity contribution in [3.05, 3.63) is 58.1 Å². The van der Waals surface area contributed by atoms with Gasteiger partial charge in [-0.05, 0) is 49.2 Å². The molecule has 2 aromatic rings. The first-order chi connectivity index (χ1) is 12.4. The van der Waals surface area contributed by atoms with E-state index in [4.69, 9.17) is 27.9 Å². The quantitative estimate of drug-likeness (QED) is 0.550. The SMILES string of the molecule is O=C(Oc1cc(Cl)ccc1Cl)c1ccc(S(=O)(=O)N2CCCCC2)cc1. The smallest absolute Gasteiger partial charge is 0.343 e. The Morgan fingerprint density at radius 3 is 2.27 bits per heavy atom. The van der Waals surface area contributed by atoms with Crippen LogP contribution in [0.4, 0.5) is 0 Å². The molecule has 1 fully saturated rings. The number of halogens is 2. The number of hydrogen-bond acceptors (Lipinski definition) is 4. The second-order valence-electron chi connectivity index (χ2n) is 5.95. The molecule has 0 spiro atoms. The second kappa shape index (κ2) is 7.96. The van der Waals surface area contributed by atoms with Gasteiger partial charge in [-0.3, -0.25) is 0 Å². The first-order valence-electron chi connectivity index (χ1n) is 8.15. The Hall–Kier alpha value is -1.60. The fourth-order valence-electron chi connectivity index (χ4n) is 2.73. The average molecular weight is 414 g/mol. The maximum atomic E-state index is 12.6. The van der Waals surface area contributed by atoms with Crippen LogP contribution in [0.5, 0.6) is 5.75 Å². The molecule has 8 heteroatoms. The largest absolute Gasteiger partial charge is 0.421 e. The molecule has 1 heterocycles. The Kier molecular flexibility index (Phi) is 5.87. The molecule has 1 saturated heterocycles. The normalized spacial score (nSPS) is 15.6. The van der Waals surface area contributed by atoms with Gasteiger partial charge in [-0.1, -0.05) is 29.6 Å². The fourth-order valence-corrected chi connectivity index (χ4v) is 4.57. The highest BCUT2D eigenvalue weighted by Gasteiger charge is 2.26. The minimum absolute atomic E-state index is 0.147. The predicted molar refractivity (Wildman–Crippen MR) is 100 cm³/mol. The number of hydrogen-bond donors (Lipinski definition) is 0. The second-order valence-corrected chi connectivity index (χ2v) is 8.73. The third-order valence-corrected chi connectivity index (χ3v) is 6.60. The summed E-state index contributed by atoms with van der Waals surface area (Å²) in [7, 11) is -3.53. The minimum Gasteiger partial charge on any atom is -0.421 e. The zero-order chi connectivity index (χ0) is 18.7. The van der Waals surface area contributed by atoms with E-state index in [9.17, 15) is 13.2 Å². The molecule has 0 unspecified atom stereocenters. The molecule has 0 N–H and O–H groups in total. The van der Waals surface area contributed by atoms with Crippen LogP contribution in [0, 0.1) is 0 Å². The number of ether oxygens (including phenoxy) is 1. The van der Waals surface area contributed by atoms with Crippen molar-refractivity contribution < 1.29 is 17.9 Å². The molecule has 0 radical (unpaired) electrons. The summed E-state index contributed by atoms with van der Waals surface area (Å²) in [6.45, 7) is 1.05. The highest BCUT2D eigenvalue weighted by molar-refractivity contribution is 7.89. The van der Waals surface area contributed by atoms with Crippen molar-refractivity contribution in [3.8, 4) is 5.75 Å².